The maximum atomic E-state index is 13.0. The van der Waals surface area contributed by atoms with Crippen LogP contribution in [0.4, 0.5) is 14.9 Å². The van der Waals surface area contributed by atoms with Crippen LogP contribution in [0.1, 0.15) is 38.2 Å². The Balaban J connectivity index is 1.90. The molecule has 0 saturated heterocycles. The number of nitrogens with one attached hydrogen (secondary N) is 2. The number of urea groups is 1. The van der Waals surface area contributed by atoms with Crippen molar-refractivity contribution in [2.75, 3.05) is 5.32 Å². The van der Waals surface area contributed by atoms with E-state index in [0.29, 0.717) is 11.6 Å². The normalized spacial score (nSPS) is 22.9. The van der Waals surface area contributed by atoms with Crippen LogP contribution in [-0.2, 0) is 0 Å². The predicted molar refractivity (Wildman–Crippen MR) is 74.7 cm³/mol. The zero-order chi connectivity index (χ0) is 13.8. The summed E-state index contributed by atoms with van der Waals surface area (Å²) >= 11 is 0. The summed E-state index contributed by atoms with van der Waals surface area (Å²) in [6, 6.07) is 4.41. The third kappa shape index (κ3) is 3.94. The Morgan fingerprint density at radius 1 is 1.37 bits per heavy atom. The summed E-state index contributed by atoms with van der Waals surface area (Å²) in [4.78, 5) is 11.9. The van der Waals surface area contributed by atoms with E-state index < -0.39 is 0 Å². The first-order valence-corrected chi connectivity index (χ1v) is 6.88. The average Bonchev–Trinajstić information content (AvgIpc) is 2.33. The van der Waals surface area contributed by atoms with E-state index in [0.717, 1.165) is 18.4 Å². The Kier molecular flexibility index (Phi) is 4.40. The van der Waals surface area contributed by atoms with Gasteiger partial charge in [-0.3, -0.25) is 0 Å². The molecule has 2 unspecified atom stereocenters. The standard InChI is InChI=1S/C15H21FN2O/c1-10-4-3-5-13(8-10)17-15(19)18-14-7-6-12(16)9-11(14)2/h6-7,9-10,13H,3-5,8H2,1-2H3,(H2,17,18,19). The molecule has 4 heteroatoms. The molecule has 0 aromatic heterocycles. The van der Waals surface area contributed by atoms with Crippen molar-refractivity contribution in [3.63, 3.8) is 0 Å². The lowest BCUT2D eigenvalue weighted by Crippen LogP contribution is -2.40. The maximum Gasteiger partial charge on any atom is 0.319 e. The Morgan fingerprint density at radius 3 is 2.84 bits per heavy atom. The zero-order valence-electron chi connectivity index (χ0n) is 11.5. The number of hydrogen-bond donors (Lipinski definition) is 2. The van der Waals surface area contributed by atoms with Gasteiger partial charge in [0.15, 0.2) is 0 Å². The molecule has 2 amide bonds. The second-order valence-corrected chi connectivity index (χ2v) is 5.53. The zero-order valence-corrected chi connectivity index (χ0v) is 11.5. The summed E-state index contributed by atoms with van der Waals surface area (Å²) in [5.41, 5.74) is 1.38. The number of rotatable bonds is 2. The van der Waals surface area contributed by atoms with Crippen LogP contribution in [0.3, 0.4) is 0 Å². The third-order valence-corrected chi connectivity index (χ3v) is 3.71. The summed E-state index contributed by atoms with van der Waals surface area (Å²) in [5, 5.41) is 5.78. The SMILES string of the molecule is Cc1cc(F)ccc1NC(=O)NC1CCCC(C)C1. The van der Waals surface area contributed by atoms with Crippen LogP contribution < -0.4 is 10.6 Å². The largest absolute Gasteiger partial charge is 0.335 e. The highest BCUT2D eigenvalue weighted by Crippen LogP contribution is 2.23. The van der Waals surface area contributed by atoms with Crippen molar-refractivity contribution in [2.24, 2.45) is 5.92 Å². The molecule has 1 saturated carbocycles. The fourth-order valence-electron chi connectivity index (χ4n) is 2.68. The number of aryl methyl sites for hydroxylation is 1. The molecule has 1 aliphatic carbocycles. The fraction of sp³-hybridized carbons (Fsp3) is 0.533. The summed E-state index contributed by atoms with van der Waals surface area (Å²) in [5.74, 6) is 0.385. The van der Waals surface area contributed by atoms with E-state index in [1.165, 1.54) is 25.0 Å². The molecule has 0 heterocycles. The van der Waals surface area contributed by atoms with Crippen LogP contribution in [0.15, 0.2) is 18.2 Å². The van der Waals surface area contributed by atoms with Gasteiger partial charge in [0, 0.05) is 11.7 Å². The van der Waals surface area contributed by atoms with Gasteiger partial charge in [0.2, 0.25) is 0 Å². The highest BCUT2D eigenvalue weighted by Gasteiger charge is 2.20. The molecule has 2 atom stereocenters. The number of amides is 2. The van der Waals surface area contributed by atoms with E-state index in [1.807, 2.05) is 0 Å². The number of benzene rings is 1. The Bertz CT molecular complexity index is 461. The van der Waals surface area contributed by atoms with Crippen LogP contribution in [0.2, 0.25) is 0 Å². The van der Waals surface area contributed by atoms with Crippen LogP contribution in [0.5, 0.6) is 0 Å². The van der Waals surface area contributed by atoms with Gasteiger partial charge in [-0.05, 0) is 49.4 Å². The van der Waals surface area contributed by atoms with Gasteiger partial charge in [-0.15, -0.1) is 0 Å². The lowest BCUT2D eigenvalue weighted by atomic mass is 9.87. The Hall–Kier alpha value is -1.58. The van der Waals surface area contributed by atoms with Gasteiger partial charge in [0.25, 0.3) is 0 Å². The minimum absolute atomic E-state index is 0.200. The molecule has 104 valence electrons. The summed E-state index contributed by atoms with van der Waals surface area (Å²) in [7, 11) is 0. The highest BCUT2D eigenvalue weighted by atomic mass is 19.1. The van der Waals surface area contributed by atoms with E-state index in [-0.39, 0.29) is 17.9 Å². The van der Waals surface area contributed by atoms with Crippen LogP contribution in [0.25, 0.3) is 0 Å². The van der Waals surface area contributed by atoms with Gasteiger partial charge in [0.1, 0.15) is 5.82 Å². The molecule has 0 aliphatic heterocycles. The highest BCUT2D eigenvalue weighted by molar-refractivity contribution is 5.90. The smallest absolute Gasteiger partial charge is 0.319 e. The molecular formula is C15H21FN2O. The van der Waals surface area contributed by atoms with Crippen molar-refractivity contribution in [3.05, 3.63) is 29.6 Å². The number of carbonyl (C=O) groups excluding carboxylic acids is 1. The molecule has 1 aromatic rings. The molecule has 1 aliphatic rings. The molecule has 2 N–H and O–H groups in total. The van der Waals surface area contributed by atoms with Crippen molar-refractivity contribution < 1.29 is 9.18 Å². The summed E-state index contributed by atoms with van der Waals surface area (Å²) < 4.78 is 13.0. The van der Waals surface area contributed by atoms with E-state index in [4.69, 9.17) is 0 Å². The van der Waals surface area contributed by atoms with Crippen molar-refractivity contribution in [3.8, 4) is 0 Å². The summed E-state index contributed by atoms with van der Waals surface area (Å²) in [6.45, 7) is 4.00. The maximum absolute atomic E-state index is 13.0. The van der Waals surface area contributed by atoms with Gasteiger partial charge in [0.05, 0.1) is 0 Å². The van der Waals surface area contributed by atoms with Crippen molar-refractivity contribution in [1.82, 2.24) is 5.32 Å². The van der Waals surface area contributed by atoms with E-state index in [1.54, 1.807) is 13.0 Å². The molecule has 0 radical (unpaired) electrons. The molecule has 1 aromatic carbocycles. The number of carbonyl (C=O) groups is 1. The average molecular weight is 264 g/mol. The topological polar surface area (TPSA) is 41.1 Å². The molecule has 1 fully saturated rings. The first-order valence-electron chi connectivity index (χ1n) is 6.88. The molecular weight excluding hydrogens is 243 g/mol. The first-order chi connectivity index (χ1) is 9.04. The third-order valence-electron chi connectivity index (χ3n) is 3.71. The fourth-order valence-corrected chi connectivity index (χ4v) is 2.68. The van der Waals surface area contributed by atoms with Crippen molar-refractivity contribution in [2.45, 2.75) is 45.6 Å². The second-order valence-electron chi connectivity index (χ2n) is 5.53. The quantitative estimate of drug-likeness (QED) is 0.837. The van der Waals surface area contributed by atoms with Crippen LogP contribution >= 0.6 is 0 Å². The molecule has 0 spiro atoms. The number of halogens is 1. The van der Waals surface area contributed by atoms with Gasteiger partial charge >= 0.3 is 6.03 Å². The van der Waals surface area contributed by atoms with Crippen molar-refractivity contribution in [1.29, 1.82) is 0 Å². The Labute approximate surface area is 113 Å². The van der Waals surface area contributed by atoms with E-state index in [2.05, 4.69) is 17.6 Å². The molecule has 0 bridgehead atoms. The minimum atomic E-state index is -0.287. The molecule has 2 rings (SSSR count). The van der Waals surface area contributed by atoms with Crippen molar-refractivity contribution >= 4 is 11.7 Å². The predicted octanol–water partition coefficient (Wildman–Crippen LogP) is 3.83. The monoisotopic (exact) mass is 264 g/mol. The summed E-state index contributed by atoms with van der Waals surface area (Å²) in [6.07, 6.45) is 4.49. The van der Waals surface area contributed by atoms with E-state index >= 15 is 0 Å². The molecule has 19 heavy (non-hydrogen) atoms. The van der Waals surface area contributed by atoms with Crippen LogP contribution in [0, 0.1) is 18.7 Å². The van der Waals surface area contributed by atoms with Gasteiger partial charge in [-0.25, -0.2) is 9.18 Å². The lowest BCUT2D eigenvalue weighted by Gasteiger charge is -2.27. The first kappa shape index (κ1) is 13.8. The van der Waals surface area contributed by atoms with Gasteiger partial charge in [-0.2, -0.15) is 0 Å². The Morgan fingerprint density at radius 2 is 2.16 bits per heavy atom. The minimum Gasteiger partial charge on any atom is -0.335 e. The molecule has 3 nitrogen and oxygen atoms in total. The van der Waals surface area contributed by atoms with E-state index in [9.17, 15) is 9.18 Å². The lowest BCUT2D eigenvalue weighted by molar-refractivity contribution is 0.238. The number of anilines is 1. The second kappa shape index (κ2) is 6.04. The van der Waals surface area contributed by atoms with Gasteiger partial charge in [-0.1, -0.05) is 19.8 Å². The van der Waals surface area contributed by atoms with Gasteiger partial charge < -0.3 is 10.6 Å². The number of hydrogen-bond acceptors (Lipinski definition) is 1. The van der Waals surface area contributed by atoms with Crippen LogP contribution in [-0.4, -0.2) is 12.1 Å².